The fraction of sp³-hybridized carbons (Fsp3) is 0.222. The monoisotopic (exact) mass is 394 g/mol. The number of carbonyl (C=O) groups is 2. The van der Waals surface area contributed by atoms with Crippen molar-refractivity contribution in [1.29, 1.82) is 0 Å². The molecule has 2 rings (SSSR count). The fourth-order valence-electron chi connectivity index (χ4n) is 2.31. The normalized spacial score (nSPS) is 11.0. The van der Waals surface area contributed by atoms with Crippen molar-refractivity contribution in [3.8, 4) is 0 Å². The van der Waals surface area contributed by atoms with Gasteiger partial charge < -0.3 is 0 Å². The summed E-state index contributed by atoms with van der Waals surface area (Å²) >= 11 is 5.73. The quantitative estimate of drug-likeness (QED) is 0.762. The molecule has 0 heterocycles. The highest BCUT2D eigenvalue weighted by Gasteiger charge is 2.17. The van der Waals surface area contributed by atoms with E-state index in [1.54, 1.807) is 19.1 Å². The molecule has 0 radical (unpaired) electrons. The molecule has 0 aliphatic heterocycles. The minimum Gasteiger partial charge on any atom is -0.273 e. The Labute approximate surface area is 157 Å². The minimum absolute atomic E-state index is 0.0917. The van der Waals surface area contributed by atoms with Gasteiger partial charge in [-0.1, -0.05) is 29.3 Å². The van der Waals surface area contributed by atoms with Crippen molar-refractivity contribution in [2.24, 2.45) is 0 Å². The number of hydrogen-bond donors (Lipinski definition) is 2. The number of nitrogens with one attached hydrogen (secondary N) is 2. The van der Waals surface area contributed by atoms with Crippen LogP contribution in [0.4, 0.5) is 0 Å². The molecule has 0 atom stereocenters. The molecule has 0 aliphatic rings. The first kappa shape index (κ1) is 19.9. The zero-order chi connectivity index (χ0) is 19.3. The number of benzene rings is 2. The number of aryl methyl sites for hydroxylation is 2. The van der Waals surface area contributed by atoms with Gasteiger partial charge in [-0.2, -0.15) is 0 Å². The van der Waals surface area contributed by atoms with E-state index in [0.29, 0.717) is 10.6 Å². The number of amides is 2. The first-order chi connectivity index (χ1) is 12.2. The average Bonchev–Trinajstić information content (AvgIpc) is 2.58. The van der Waals surface area contributed by atoms with E-state index in [0.717, 1.165) is 11.1 Å². The molecule has 0 aliphatic carbocycles. The number of hydrazine groups is 1. The molecule has 0 unspecified atom stereocenters. The maximum Gasteiger partial charge on any atom is 0.269 e. The van der Waals surface area contributed by atoms with Crippen molar-refractivity contribution in [2.45, 2.75) is 25.2 Å². The van der Waals surface area contributed by atoms with Crippen molar-refractivity contribution >= 4 is 33.3 Å². The molecule has 0 saturated heterocycles. The highest BCUT2D eigenvalue weighted by molar-refractivity contribution is 7.91. The van der Waals surface area contributed by atoms with Crippen LogP contribution in [0.5, 0.6) is 0 Å². The molecule has 8 heteroatoms. The second-order valence-electron chi connectivity index (χ2n) is 5.84. The van der Waals surface area contributed by atoms with E-state index in [-0.39, 0.29) is 17.1 Å². The first-order valence-electron chi connectivity index (χ1n) is 7.84. The molecule has 2 aromatic rings. The van der Waals surface area contributed by atoms with E-state index < -0.39 is 21.7 Å². The number of halogens is 1. The Bertz CT molecular complexity index is 925. The Balaban J connectivity index is 1.88. The van der Waals surface area contributed by atoms with E-state index in [9.17, 15) is 18.0 Å². The number of carbonyl (C=O) groups excluding carboxylic acids is 2. The van der Waals surface area contributed by atoms with Crippen molar-refractivity contribution < 1.29 is 18.0 Å². The summed E-state index contributed by atoms with van der Waals surface area (Å²) in [5.74, 6) is -1.43. The van der Waals surface area contributed by atoms with Crippen LogP contribution in [0.2, 0.25) is 5.02 Å². The molecule has 0 aromatic heterocycles. The second kappa shape index (κ2) is 8.33. The molecular weight excluding hydrogens is 376 g/mol. The molecule has 2 N–H and O–H groups in total. The van der Waals surface area contributed by atoms with Gasteiger partial charge in [-0.05, 0) is 49.7 Å². The Hall–Kier alpha value is -2.38. The zero-order valence-corrected chi connectivity index (χ0v) is 15.9. The van der Waals surface area contributed by atoms with Gasteiger partial charge in [0.05, 0.1) is 10.6 Å². The zero-order valence-electron chi connectivity index (χ0n) is 14.4. The smallest absolute Gasteiger partial charge is 0.269 e. The molecule has 0 spiro atoms. The summed E-state index contributed by atoms with van der Waals surface area (Å²) in [6.07, 6.45) is -0.280. The maximum atomic E-state index is 12.2. The summed E-state index contributed by atoms with van der Waals surface area (Å²) in [6, 6.07) is 11.0. The lowest BCUT2D eigenvalue weighted by Crippen LogP contribution is -2.42. The van der Waals surface area contributed by atoms with Crippen LogP contribution in [0.1, 0.15) is 27.9 Å². The largest absolute Gasteiger partial charge is 0.273 e. The van der Waals surface area contributed by atoms with Gasteiger partial charge in [0.2, 0.25) is 5.91 Å². The highest BCUT2D eigenvalue weighted by atomic mass is 35.5. The van der Waals surface area contributed by atoms with Crippen molar-refractivity contribution in [2.75, 3.05) is 5.75 Å². The Kier molecular flexibility index (Phi) is 6.39. The summed E-state index contributed by atoms with van der Waals surface area (Å²) in [6.45, 7) is 3.71. The van der Waals surface area contributed by atoms with E-state index in [4.69, 9.17) is 11.6 Å². The Morgan fingerprint density at radius 3 is 2.27 bits per heavy atom. The molecule has 0 bridgehead atoms. The topological polar surface area (TPSA) is 92.3 Å². The number of rotatable bonds is 5. The van der Waals surface area contributed by atoms with Crippen LogP contribution in [-0.4, -0.2) is 26.0 Å². The van der Waals surface area contributed by atoms with Gasteiger partial charge in [-0.15, -0.1) is 0 Å². The average molecular weight is 395 g/mol. The SMILES string of the molecule is Cc1ccc(C(=O)NNC(=O)CCS(=O)(=O)c2ccc(Cl)cc2)c(C)c1. The number of hydrogen-bond acceptors (Lipinski definition) is 4. The fourth-order valence-corrected chi connectivity index (χ4v) is 3.68. The van der Waals surface area contributed by atoms with Crippen LogP contribution in [0.3, 0.4) is 0 Å². The van der Waals surface area contributed by atoms with Crippen molar-refractivity contribution in [1.82, 2.24) is 10.9 Å². The van der Waals surface area contributed by atoms with Gasteiger partial charge in [-0.25, -0.2) is 8.42 Å². The molecule has 6 nitrogen and oxygen atoms in total. The second-order valence-corrected chi connectivity index (χ2v) is 8.39. The summed E-state index contributed by atoms with van der Waals surface area (Å²) in [5, 5.41) is 0.427. The van der Waals surface area contributed by atoms with Gasteiger partial charge in [0.25, 0.3) is 5.91 Å². The predicted molar refractivity (Wildman–Crippen MR) is 99.6 cm³/mol. The van der Waals surface area contributed by atoms with Gasteiger partial charge in [0, 0.05) is 17.0 Å². The number of sulfone groups is 1. The molecule has 26 heavy (non-hydrogen) atoms. The summed E-state index contributed by atoms with van der Waals surface area (Å²) in [7, 11) is -3.61. The van der Waals surface area contributed by atoms with Crippen LogP contribution in [0.25, 0.3) is 0 Å². The van der Waals surface area contributed by atoms with Gasteiger partial charge in [-0.3, -0.25) is 20.4 Å². The highest BCUT2D eigenvalue weighted by Crippen LogP contribution is 2.16. The molecular formula is C18H19ClN2O4S. The summed E-state index contributed by atoms with van der Waals surface area (Å²) in [4.78, 5) is 24.0. The van der Waals surface area contributed by atoms with Crippen LogP contribution in [0.15, 0.2) is 47.4 Å². The third-order valence-electron chi connectivity index (χ3n) is 3.71. The van der Waals surface area contributed by atoms with Gasteiger partial charge in [0.1, 0.15) is 0 Å². The molecule has 2 aromatic carbocycles. The van der Waals surface area contributed by atoms with Crippen LogP contribution in [-0.2, 0) is 14.6 Å². The molecule has 138 valence electrons. The van der Waals surface area contributed by atoms with Crippen LogP contribution < -0.4 is 10.9 Å². The van der Waals surface area contributed by atoms with E-state index in [2.05, 4.69) is 10.9 Å². The predicted octanol–water partition coefficient (Wildman–Crippen LogP) is 2.58. The third kappa shape index (κ3) is 5.31. The summed E-state index contributed by atoms with van der Waals surface area (Å²) in [5.41, 5.74) is 6.76. The maximum absolute atomic E-state index is 12.2. The van der Waals surface area contributed by atoms with Crippen molar-refractivity contribution in [3.63, 3.8) is 0 Å². The lowest BCUT2D eigenvalue weighted by Gasteiger charge is -2.10. The lowest BCUT2D eigenvalue weighted by atomic mass is 10.1. The van der Waals surface area contributed by atoms with E-state index >= 15 is 0 Å². The van der Waals surface area contributed by atoms with E-state index in [1.807, 2.05) is 13.0 Å². The minimum atomic E-state index is -3.61. The Morgan fingerprint density at radius 2 is 1.65 bits per heavy atom. The van der Waals surface area contributed by atoms with Gasteiger partial charge in [0.15, 0.2) is 9.84 Å². The molecule has 0 saturated carbocycles. The van der Waals surface area contributed by atoms with Crippen molar-refractivity contribution in [3.05, 3.63) is 64.2 Å². The van der Waals surface area contributed by atoms with Crippen LogP contribution in [0, 0.1) is 13.8 Å². The Morgan fingerprint density at radius 1 is 1.00 bits per heavy atom. The van der Waals surface area contributed by atoms with Crippen LogP contribution >= 0.6 is 11.6 Å². The summed E-state index contributed by atoms with van der Waals surface area (Å²) < 4.78 is 24.3. The first-order valence-corrected chi connectivity index (χ1v) is 9.87. The molecule has 0 fully saturated rings. The standard InChI is InChI=1S/C18H19ClN2O4S/c1-12-3-8-16(13(2)11-12)18(23)21-20-17(22)9-10-26(24,25)15-6-4-14(19)5-7-15/h3-8,11H,9-10H2,1-2H3,(H,20,22)(H,21,23). The lowest BCUT2D eigenvalue weighted by molar-refractivity contribution is -0.121. The van der Waals surface area contributed by atoms with E-state index in [1.165, 1.54) is 24.3 Å². The molecule has 2 amide bonds. The van der Waals surface area contributed by atoms with Gasteiger partial charge >= 0.3 is 0 Å². The third-order valence-corrected chi connectivity index (χ3v) is 5.70.